The van der Waals surface area contributed by atoms with Gasteiger partial charge >= 0.3 is 0 Å². The summed E-state index contributed by atoms with van der Waals surface area (Å²) in [6, 6.07) is 40.0. The van der Waals surface area contributed by atoms with Gasteiger partial charge < -0.3 is 0 Å². The van der Waals surface area contributed by atoms with Crippen LogP contribution in [0.5, 0.6) is 0 Å². The van der Waals surface area contributed by atoms with Crippen molar-refractivity contribution in [2.24, 2.45) is 0 Å². The third-order valence-electron chi connectivity index (χ3n) is 7.06. The molecule has 0 saturated carbocycles. The molecule has 7 aromatic rings. The fourth-order valence-electron chi connectivity index (χ4n) is 4.94. The van der Waals surface area contributed by atoms with E-state index >= 15 is 0 Å². The molecular formula is C36H21Br3N6. The van der Waals surface area contributed by atoms with E-state index in [1.54, 1.807) is 6.20 Å². The monoisotopic (exact) mass is 774 g/mol. The molecule has 45 heavy (non-hydrogen) atoms. The molecule has 0 aliphatic carbocycles. The van der Waals surface area contributed by atoms with Crippen LogP contribution in [0.25, 0.3) is 67.8 Å². The Morgan fingerprint density at radius 2 is 0.689 bits per heavy atom. The maximum Gasteiger partial charge on any atom is 0.106 e. The summed E-state index contributed by atoms with van der Waals surface area (Å²) in [4.78, 5) is 28.4. The summed E-state index contributed by atoms with van der Waals surface area (Å²) in [5, 5.41) is 0. The van der Waals surface area contributed by atoms with Gasteiger partial charge in [0.05, 0.1) is 45.6 Å². The third kappa shape index (κ3) is 6.66. The van der Waals surface area contributed by atoms with Gasteiger partial charge in [-0.3, -0.25) is 4.98 Å². The Kier molecular flexibility index (Phi) is 8.39. The zero-order chi connectivity index (χ0) is 30.8. The van der Waals surface area contributed by atoms with Gasteiger partial charge in [-0.05, 0) is 143 Å². The molecule has 216 valence electrons. The van der Waals surface area contributed by atoms with Crippen LogP contribution in [0.2, 0.25) is 0 Å². The number of rotatable bonds is 6. The van der Waals surface area contributed by atoms with Gasteiger partial charge in [0.25, 0.3) is 0 Å². The van der Waals surface area contributed by atoms with Crippen LogP contribution >= 0.6 is 47.8 Å². The van der Waals surface area contributed by atoms with E-state index in [-0.39, 0.29) is 0 Å². The van der Waals surface area contributed by atoms with Crippen molar-refractivity contribution in [2.45, 2.75) is 0 Å². The second-order valence-electron chi connectivity index (χ2n) is 10.1. The Bertz CT molecular complexity index is 2090. The highest BCUT2D eigenvalue weighted by molar-refractivity contribution is 9.11. The van der Waals surface area contributed by atoms with Gasteiger partial charge in [-0.1, -0.05) is 48.5 Å². The molecule has 0 aliphatic heterocycles. The number of halogens is 3. The SMILES string of the molecule is Brc1cccc(-c2cc(-c3ccc(-c4cc(-c5cccc(Br)n5)nc(-c5cccc(Br)n5)c4)cc3)cc(-c3ccccn3)n2)n1. The number of aromatic nitrogens is 6. The zero-order valence-electron chi connectivity index (χ0n) is 23.4. The van der Waals surface area contributed by atoms with Crippen LogP contribution in [0.4, 0.5) is 0 Å². The van der Waals surface area contributed by atoms with Crippen LogP contribution in [-0.4, -0.2) is 29.9 Å². The van der Waals surface area contributed by atoms with Crippen molar-refractivity contribution in [1.82, 2.24) is 29.9 Å². The maximum atomic E-state index is 4.94. The average Bonchev–Trinajstić information content (AvgIpc) is 3.08. The van der Waals surface area contributed by atoms with Gasteiger partial charge in [0.15, 0.2) is 0 Å². The van der Waals surface area contributed by atoms with E-state index in [4.69, 9.17) is 9.97 Å². The van der Waals surface area contributed by atoms with Crippen molar-refractivity contribution >= 4 is 47.8 Å². The topological polar surface area (TPSA) is 77.3 Å². The number of hydrogen-bond donors (Lipinski definition) is 0. The van der Waals surface area contributed by atoms with Crippen molar-refractivity contribution in [2.75, 3.05) is 0 Å². The van der Waals surface area contributed by atoms with Crippen LogP contribution in [0.3, 0.4) is 0 Å². The molecular weight excluding hydrogens is 756 g/mol. The minimum absolute atomic E-state index is 0.749. The minimum Gasteiger partial charge on any atom is -0.255 e. The van der Waals surface area contributed by atoms with Crippen molar-refractivity contribution in [3.05, 3.63) is 141 Å². The van der Waals surface area contributed by atoms with Crippen LogP contribution in [0, 0.1) is 0 Å². The molecule has 0 aliphatic rings. The van der Waals surface area contributed by atoms with Crippen molar-refractivity contribution in [3.63, 3.8) is 0 Å². The van der Waals surface area contributed by atoms with E-state index in [0.717, 1.165) is 81.6 Å². The van der Waals surface area contributed by atoms with E-state index in [1.807, 2.05) is 72.8 Å². The minimum atomic E-state index is 0.749. The molecule has 0 fully saturated rings. The molecule has 6 heterocycles. The lowest BCUT2D eigenvalue weighted by Crippen LogP contribution is -1.95. The summed E-state index contributed by atoms with van der Waals surface area (Å²) in [6.45, 7) is 0. The quantitative estimate of drug-likeness (QED) is 0.157. The highest BCUT2D eigenvalue weighted by atomic mass is 79.9. The Balaban J connectivity index is 1.32. The van der Waals surface area contributed by atoms with Gasteiger partial charge in [0, 0.05) is 6.20 Å². The Morgan fingerprint density at radius 1 is 0.311 bits per heavy atom. The molecule has 6 aromatic heterocycles. The fourth-order valence-corrected chi connectivity index (χ4v) is 5.97. The zero-order valence-corrected chi connectivity index (χ0v) is 28.2. The first kappa shape index (κ1) is 29.3. The number of hydrogen-bond acceptors (Lipinski definition) is 6. The van der Waals surface area contributed by atoms with Crippen molar-refractivity contribution in [3.8, 4) is 67.8 Å². The summed E-state index contributed by atoms with van der Waals surface area (Å²) < 4.78 is 2.25. The largest absolute Gasteiger partial charge is 0.255 e. The lowest BCUT2D eigenvalue weighted by molar-refractivity contribution is 1.19. The summed E-state index contributed by atoms with van der Waals surface area (Å²) in [5.74, 6) is 0. The second-order valence-corrected chi connectivity index (χ2v) is 12.5. The van der Waals surface area contributed by atoms with Gasteiger partial charge in [0.2, 0.25) is 0 Å². The lowest BCUT2D eigenvalue weighted by Gasteiger charge is -2.12. The van der Waals surface area contributed by atoms with Crippen LogP contribution in [-0.2, 0) is 0 Å². The van der Waals surface area contributed by atoms with Crippen LogP contribution < -0.4 is 0 Å². The summed E-state index contributed by atoms with van der Waals surface area (Å²) in [6.07, 6.45) is 1.78. The van der Waals surface area contributed by atoms with E-state index in [0.29, 0.717) is 0 Å². The van der Waals surface area contributed by atoms with Gasteiger partial charge in [0.1, 0.15) is 13.8 Å². The molecule has 1 aromatic carbocycles. The molecule has 0 bridgehead atoms. The fraction of sp³-hybridized carbons (Fsp3) is 0. The highest BCUT2D eigenvalue weighted by Gasteiger charge is 2.14. The summed E-state index contributed by atoms with van der Waals surface area (Å²) in [7, 11) is 0. The smallest absolute Gasteiger partial charge is 0.106 e. The molecule has 0 amide bonds. The van der Waals surface area contributed by atoms with E-state index < -0.39 is 0 Å². The lowest BCUT2D eigenvalue weighted by atomic mass is 9.98. The van der Waals surface area contributed by atoms with Gasteiger partial charge in [-0.25, -0.2) is 24.9 Å². The second kappa shape index (κ2) is 12.9. The molecule has 6 nitrogen and oxygen atoms in total. The Hall–Kier alpha value is -4.44. The van der Waals surface area contributed by atoms with Crippen molar-refractivity contribution < 1.29 is 0 Å². The Labute approximate surface area is 285 Å². The van der Waals surface area contributed by atoms with Crippen LogP contribution in [0.1, 0.15) is 0 Å². The predicted molar refractivity (Wildman–Crippen MR) is 189 cm³/mol. The summed E-state index contributed by atoms with van der Waals surface area (Å²) in [5.41, 5.74) is 10.3. The summed E-state index contributed by atoms with van der Waals surface area (Å²) >= 11 is 10.5. The molecule has 9 heteroatoms. The average molecular weight is 777 g/mol. The van der Waals surface area contributed by atoms with Gasteiger partial charge in [-0.15, -0.1) is 0 Å². The predicted octanol–water partition coefficient (Wildman–Crippen LogP) is 10.3. The molecule has 7 rings (SSSR count). The third-order valence-corrected chi connectivity index (χ3v) is 8.39. The highest BCUT2D eigenvalue weighted by Crippen LogP contribution is 2.33. The molecule has 0 unspecified atom stereocenters. The molecule has 0 spiro atoms. The molecule has 0 N–H and O–H groups in total. The normalized spacial score (nSPS) is 11.0. The first-order chi connectivity index (χ1) is 22.0. The molecule has 0 radical (unpaired) electrons. The maximum absolute atomic E-state index is 4.94. The van der Waals surface area contributed by atoms with Crippen molar-refractivity contribution in [1.29, 1.82) is 0 Å². The molecule has 0 atom stereocenters. The number of nitrogens with zero attached hydrogens (tertiary/aromatic N) is 6. The number of benzene rings is 1. The van der Waals surface area contributed by atoms with Crippen LogP contribution in [0.15, 0.2) is 141 Å². The van der Waals surface area contributed by atoms with E-state index in [2.05, 4.69) is 116 Å². The number of pyridine rings is 6. The first-order valence-electron chi connectivity index (χ1n) is 13.9. The molecule has 0 saturated heterocycles. The van der Waals surface area contributed by atoms with Gasteiger partial charge in [-0.2, -0.15) is 0 Å². The Morgan fingerprint density at radius 3 is 1.04 bits per heavy atom. The first-order valence-corrected chi connectivity index (χ1v) is 16.3. The van der Waals surface area contributed by atoms with E-state index in [1.165, 1.54) is 0 Å². The standard InChI is InChI=1S/C36H21Br3N6/c37-34-10-3-7-27(43-34)31-19-24(18-30(41-31)26-6-1-2-17-40-26)22-13-15-23(16-14-22)25-20-32(28-8-4-11-35(38)44-28)42-33(21-25)29-9-5-12-36(39)45-29/h1-21H. The van der Waals surface area contributed by atoms with E-state index in [9.17, 15) is 0 Å².